The van der Waals surface area contributed by atoms with Crippen LogP contribution in [0.5, 0.6) is 0 Å². The van der Waals surface area contributed by atoms with Crippen LogP contribution in [0.3, 0.4) is 0 Å². The largest absolute Gasteiger partial charge is 0.462 e. The molecule has 7 heterocycles. The molecule has 10 rings (SSSR count). The number of esters is 1. The van der Waals surface area contributed by atoms with E-state index in [0.717, 1.165) is 82.3 Å². The second kappa shape index (κ2) is 35.4. The molecule has 0 aliphatic carbocycles. The first-order valence-corrected chi connectivity index (χ1v) is 31.7. The summed E-state index contributed by atoms with van der Waals surface area (Å²) in [6.07, 6.45) is 9.91. The van der Waals surface area contributed by atoms with E-state index in [1.165, 1.54) is 68.2 Å². The second-order valence-corrected chi connectivity index (χ2v) is 25.2. The SMILES string of the molecule is C1CCOC1.CCOC(=O)c1cnc2[nH]ccc2c1N(C)[C@H]1CN(C(=O)CC#N)CC[C@H]1C.CN[C@H]1CN(Cc2ccccc2)CC[C@H]1C.C[C@@H]1CCN(Cc2ccccc2)C[C@@H]1N.C[C@@H]1CCN(Cc2ccccc2)C[C@@H]1NC(=O)OC(C)(C)C. The summed E-state index contributed by atoms with van der Waals surface area (Å²) in [5, 5.41) is 16.1. The number of nitrogens with two attached hydrogens (primary N) is 1. The van der Waals surface area contributed by atoms with Crippen molar-refractivity contribution in [2.24, 2.45) is 29.4 Å². The van der Waals surface area contributed by atoms with Crippen LogP contribution in [0, 0.1) is 35.0 Å². The Hall–Kier alpha value is -6.39. The average Bonchev–Trinajstić information content (AvgIpc) is 1.55. The molecular weight excluding hydrogens is 1080 g/mol. The number of nitrogens with zero attached hydrogens (tertiary/aromatic N) is 7. The van der Waals surface area contributed by atoms with E-state index >= 15 is 0 Å². The fraction of sp³-hybridized carbons (Fsp3) is 0.580. The monoisotopic (exact) mass is 1180 g/mol. The van der Waals surface area contributed by atoms with E-state index in [0.29, 0.717) is 54.1 Å². The van der Waals surface area contributed by atoms with E-state index in [1.807, 2.05) is 46.0 Å². The molecule has 5 aromatic rings. The van der Waals surface area contributed by atoms with E-state index in [-0.39, 0.29) is 37.1 Å². The van der Waals surface area contributed by atoms with Crippen molar-refractivity contribution in [3.8, 4) is 6.07 Å². The highest BCUT2D eigenvalue weighted by Crippen LogP contribution is 2.34. The van der Waals surface area contributed by atoms with Crippen LogP contribution in [0.1, 0.15) is 127 Å². The number of likely N-dealkylation sites (tertiary alicyclic amines) is 4. The number of amides is 2. The zero-order valence-electron chi connectivity index (χ0n) is 53.5. The van der Waals surface area contributed by atoms with Gasteiger partial charge in [0.05, 0.1) is 18.4 Å². The van der Waals surface area contributed by atoms with Crippen LogP contribution in [0.4, 0.5) is 10.5 Å². The third-order valence-corrected chi connectivity index (χ3v) is 17.2. The Morgan fingerprint density at radius 3 is 1.73 bits per heavy atom. The third kappa shape index (κ3) is 22.4. The maximum absolute atomic E-state index is 12.6. The first-order chi connectivity index (χ1) is 41.4. The summed E-state index contributed by atoms with van der Waals surface area (Å²) >= 11 is 0. The molecule has 17 nitrogen and oxygen atoms in total. The number of ether oxygens (including phenoxy) is 3. The van der Waals surface area contributed by atoms with Gasteiger partial charge in [-0.25, -0.2) is 14.6 Å². The van der Waals surface area contributed by atoms with E-state index in [2.05, 4.69) is 160 Å². The molecule has 0 saturated carbocycles. The zero-order valence-corrected chi connectivity index (χ0v) is 53.5. The summed E-state index contributed by atoms with van der Waals surface area (Å²) < 4.78 is 15.6. The van der Waals surface area contributed by atoms with Crippen molar-refractivity contribution in [1.82, 2.24) is 40.2 Å². The van der Waals surface area contributed by atoms with Gasteiger partial charge in [0.25, 0.3) is 0 Å². The van der Waals surface area contributed by atoms with Gasteiger partial charge in [0.1, 0.15) is 23.2 Å². The van der Waals surface area contributed by atoms with Crippen molar-refractivity contribution in [2.75, 3.05) is 91.2 Å². The number of rotatable bonds is 13. The number of carbonyl (C=O) groups is 3. The summed E-state index contributed by atoms with van der Waals surface area (Å²) in [6.45, 7) is 29.4. The van der Waals surface area contributed by atoms with Gasteiger partial charge in [0.15, 0.2) is 0 Å². The Kier molecular flexibility index (Phi) is 28.3. The molecule has 470 valence electrons. The number of aromatic nitrogens is 2. The lowest BCUT2D eigenvalue weighted by atomic mass is 9.91. The molecule has 0 radical (unpaired) electrons. The fourth-order valence-electron chi connectivity index (χ4n) is 11.8. The number of hydrogen-bond donors (Lipinski definition) is 4. The van der Waals surface area contributed by atoms with E-state index < -0.39 is 11.6 Å². The van der Waals surface area contributed by atoms with Crippen LogP contribution < -0.4 is 21.3 Å². The van der Waals surface area contributed by atoms with Gasteiger partial charge in [-0.2, -0.15) is 5.26 Å². The van der Waals surface area contributed by atoms with Crippen LogP contribution in [0.25, 0.3) is 11.0 Å². The summed E-state index contributed by atoms with van der Waals surface area (Å²) in [6, 6.07) is 36.8. The average molecular weight is 1180 g/mol. The lowest BCUT2D eigenvalue weighted by Crippen LogP contribution is -2.52. The van der Waals surface area contributed by atoms with Gasteiger partial charge in [-0.3, -0.25) is 19.5 Å². The normalized spacial score (nSPS) is 23.4. The van der Waals surface area contributed by atoms with Gasteiger partial charge in [0, 0.05) is 115 Å². The molecule has 0 bridgehead atoms. The lowest BCUT2D eigenvalue weighted by molar-refractivity contribution is -0.131. The highest BCUT2D eigenvalue weighted by Gasteiger charge is 2.35. The molecule has 0 spiro atoms. The van der Waals surface area contributed by atoms with Crippen LogP contribution >= 0.6 is 0 Å². The number of alkyl carbamates (subject to hydrolysis) is 1. The number of hydrogen-bond acceptors (Lipinski definition) is 14. The molecule has 2 aromatic heterocycles. The van der Waals surface area contributed by atoms with Gasteiger partial charge < -0.3 is 45.4 Å². The van der Waals surface area contributed by atoms with Gasteiger partial charge in [-0.05, 0) is 139 Å². The molecular formula is C69H103N11O6. The summed E-state index contributed by atoms with van der Waals surface area (Å²) in [5.41, 5.74) is 11.6. The Balaban J connectivity index is 0.000000183. The smallest absolute Gasteiger partial charge is 0.407 e. The van der Waals surface area contributed by atoms with Gasteiger partial charge in [-0.1, -0.05) is 119 Å². The number of H-pyrrole nitrogens is 1. The number of benzene rings is 3. The number of anilines is 1. The number of fused-ring (bicyclic) bond motifs is 1. The Morgan fingerprint density at radius 1 is 0.733 bits per heavy atom. The highest BCUT2D eigenvalue weighted by atomic mass is 16.6. The predicted octanol–water partition coefficient (Wildman–Crippen LogP) is 10.5. The molecule has 8 atom stereocenters. The van der Waals surface area contributed by atoms with Crippen LogP contribution in [-0.2, 0) is 38.6 Å². The summed E-state index contributed by atoms with van der Waals surface area (Å²) in [7, 11) is 4.01. The number of nitriles is 1. The summed E-state index contributed by atoms with van der Waals surface area (Å²) in [4.78, 5) is 55.4. The molecule has 5 N–H and O–H groups in total. The van der Waals surface area contributed by atoms with Gasteiger partial charge >= 0.3 is 12.1 Å². The van der Waals surface area contributed by atoms with Crippen molar-refractivity contribution in [3.05, 3.63) is 132 Å². The first-order valence-electron chi connectivity index (χ1n) is 31.7. The molecule has 2 amide bonds. The van der Waals surface area contributed by atoms with Crippen LogP contribution in [0.15, 0.2) is 109 Å². The molecule has 0 unspecified atom stereocenters. The van der Waals surface area contributed by atoms with Crippen molar-refractivity contribution in [3.63, 3.8) is 0 Å². The van der Waals surface area contributed by atoms with Crippen molar-refractivity contribution in [1.29, 1.82) is 5.26 Å². The minimum atomic E-state index is -0.453. The predicted molar refractivity (Wildman–Crippen MR) is 345 cm³/mol. The van der Waals surface area contributed by atoms with E-state index in [9.17, 15) is 14.4 Å². The number of carbonyl (C=O) groups excluding carboxylic acids is 3. The summed E-state index contributed by atoms with van der Waals surface area (Å²) in [5.74, 6) is 1.70. The Labute approximate surface area is 514 Å². The first kappa shape index (κ1) is 68.7. The van der Waals surface area contributed by atoms with Crippen molar-refractivity contribution < 1.29 is 28.6 Å². The number of pyridine rings is 1. The van der Waals surface area contributed by atoms with Crippen molar-refractivity contribution in [2.45, 2.75) is 150 Å². The minimum absolute atomic E-state index is 0.00469. The maximum atomic E-state index is 12.6. The minimum Gasteiger partial charge on any atom is -0.462 e. The molecule has 17 heteroatoms. The quantitative estimate of drug-likeness (QED) is 0.0812. The second-order valence-electron chi connectivity index (χ2n) is 25.2. The number of likely N-dealkylation sites (N-methyl/N-ethyl adjacent to an activating group) is 2. The Morgan fingerprint density at radius 2 is 1.24 bits per heavy atom. The van der Waals surface area contributed by atoms with Crippen LogP contribution in [-0.4, -0.2) is 164 Å². The number of aromatic amines is 1. The van der Waals surface area contributed by atoms with E-state index in [1.54, 1.807) is 18.0 Å². The van der Waals surface area contributed by atoms with Crippen LogP contribution in [0.2, 0.25) is 0 Å². The van der Waals surface area contributed by atoms with Crippen molar-refractivity contribution >= 4 is 34.7 Å². The van der Waals surface area contributed by atoms with E-state index in [4.69, 9.17) is 25.2 Å². The zero-order chi connectivity index (χ0) is 62.0. The molecule has 3 aromatic carbocycles. The Bertz CT molecular complexity index is 2800. The van der Waals surface area contributed by atoms with Gasteiger partial charge in [-0.15, -0.1) is 0 Å². The molecule has 5 saturated heterocycles. The third-order valence-electron chi connectivity index (χ3n) is 17.2. The topological polar surface area (TPSA) is 198 Å². The lowest BCUT2D eigenvalue weighted by Gasteiger charge is -2.43. The standard InChI is InChI=1S/C20H25N5O3.C18H28N2O2.C14H22N2.C13H20N2.C4H8O/c1-4-28-20(27)15-11-23-19-14(6-9-22-19)18(15)24(3)16-12-25(10-7-13(16)2)17(26)5-8-21;1-14-10-11-20(12-15-8-6-5-7-9-15)13-16(14)19-17(21)22-18(2,3)4;1-12-8-9-16(11-14(12)15-2)10-13-6-4-3-5-7-13;1-11-7-8-15(10-13(11)14)9-12-5-3-2-4-6-12;1-2-4-5-3-1/h6,9,11,13,16H,4-5,7,10,12H2,1-3H3,(H,22,23);5-9,14,16H,10-13H2,1-4H3,(H,19,21);3-7,12,14-15H,8-11H2,1-2H3;2-6,11,13H,7-10,14H2,1H3;1-4H2/t13-,16+;14-,16+;12-,14+;11-,13+;/m1111./s1. The fourth-order valence-corrected chi connectivity index (χ4v) is 11.8. The van der Waals surface area contributed by atoms with Gasteiger partial charge in [0.2, 0.25) is 5.91 Å². The number of nitrogens with one attached hydrogen (secondary N) is 3. The molecule has 86 heavy (non-hydrogen) atoms. The number of piperidine rings is 4. The molecule has 5 aliphatic rings. The molecule has 5 aliphatic heterocycles. The highest BCUT2D eigenvalue weighted by molar-refractivity contribution is 6.04. The maximum Gasteiger partial charge on any atom is 0.407 e. The molecule has 5 fully saturated rings.